The molecule has 2 aliphatic heterocycles. The van der Waals surface area contributed by atoms with Gasteiger partial charge in [0.2, 0.25) is 0 Å². The molecule has 0 saturated carbocycles. The minimum Gasteiger partial charge on any atom is -0.455 e. The van der Waals surface area contributed by atoms with Crippen LogP contribution < -0.4 is 25.1 Å². The zero-order valence-corrected chi connectivity index (χ0v) is 50.8. The third-order valence-electron chi connectivity index (χ3n) is 19.8. The first-order valence-electron chi connectivity index (χ1n) is 32.1. The van der Waals surface area contributed by atoms with E-state index in [1.54, 1.807) is 0 Å². The van der Waals surface area contributed by atoms with Crippen molar-refractivity contribution in [2.24, 2.45) is 0 Å². The van der Waals surface area contributed by atoms with Gasteiger partial charge in [-0.2, -0.15) is 0 Å². The summed E-state index contributed by atoms with van der Waals surface area (Å²) in [5, 5.41) is 15.6. The lowest BCUT2D eigenvalue weighted by molar-refractivity contribution is 0.667. The second-order valence-corrected chi connectivity index (χ2v) is 25.2. The molecule has 19 rings (SSSR count). The molecule has 1 unspecified atom stereocenters. The fourth-order valence-electron chi connectivity index (χ4n) is 15.5. The standard InChI is InChI=1S/C87H59N3O2/c1-53(2)56-40-42-71-79(48-56)92-87-78(90(61-28-10-5-11-29-61)77-47-58-39-38-57(54-22-6-3-7-23-54)46-73(58)65-32-16-17-35-68(65)77)50-74-82(83(71)87)84-72(81(55-24-8-4-9-25-55)85(74)89-52-60-27-13-15-31-64(60)67-34-19-21-37-76(67)89)45-44-70-69-43-41-62(49-80(69)91-86(70)84)88-51-59-26-12-14-30-63(59)66-33-18-20-36-75(66)88/h3-51,53,75H,52H2,1-2H3. The van der Waals surface area contributed by atoms with Crippen LogP contribution in [0, 0.1) is 0 Å². The molecule has 92 heavy (non-hydrogen) atoms. The number of hydrogen-bond donors (Lipinski definition) is 0. The van der Waals surface area contributed by atoms with E-state index in [1.807, 2.05) is 0 Å². The van der Waals surface area contributed by atoms with E-state index in [9.17, 15) is 0 Å². The first-order valence-corrected chi connectivity index (χ1v) is 32.1. The number of para-hydroxylation sites is 2. The Balaban J connectivity index is 0.979. The molecule has 0 amide bonds. The van der Waals surface area contributed by atoms with Crippen molar-refractivity contribution in [3.8, 4) is 33.4 Å². The number of anilines is 6. The second kappa shape index (κ2) is 20.4. The van der Waals surface area contributed by atoms with Crippen LogP contribution in [0.25, 0.3) is 132 Å². The van der Waals surface area contributed by atoms with Crippen molar-refractivity contribution in [3.63, 3.8) is 0 Å². The fraction of sp³-hybridized carbons (Fsp3) is 0.0575. The van der Waals surface area contributed by atoms with E-state index < -0.39 is 0 Å². The Morgan fingerprint density at radius 1 is 0.457 bits per heavy atom. The molecule has 5 nitrogen and oxygen atoms in total. The van der Waals surface area contributed by atoms with Crippen LogP contribution in [-0.2, 0) is 6.54 Å². The number of fused-ring (bicyclic) bond motifs is 19. The van der Waals surface area contributed by atoms with Crippen molar-refractivity contribution >= 4 is 133 Å². The summed E-state index contributed by atoms with van der Waals surface area (Å²) in [6.45, 7) is 5.17. The van der Waals surface area contributed by atoms with Gasteiger partial charge < -0.3 is 23.5 Å². The van der Waals surface area contributed by atoms with Crippen LogP contribution in [0.3, 0.4) is 0 Å². The zero-order valence-electron chi connectivity index (χ0n) is 50.8. The molecule has 2 aromatic heterocycles. The van der Waals surface area contributed by atoms with E-state index >= 15 is 0 Å². The number of allylic oxidation sites excluding steroid dienone is 2. The summed E-state index contributed by atoms with van der Waals surface area (Å²) in [5.41, 5.74) is 20.5. The monoisotopic (exact) mass is 1180 g/mol. The van der Waals surface area contributed by atoms with Gasteiger partial charge in [0.15, 0.2) is 5.58 Å². The van der Waals surface area contributed by atoms with E-state index in [2.05, 4.69) is 326 Å². The Bertz CT molecular complexity index is 5970. The Morgan fingerprint density at radius 2 is 1.14 bits per heavy atom. The van der Waals surface area contributed by atoms with E-state index in [4.69, 9.17) is 8.83 Å². The summed E-state index contributed by atoms with van der Waals surface area (Å²) in [4.78, 5) is 7.50. The first-order chi connectivity index (χ1) is 45.5. The maximum atomic E-state index is 7.74. The number of furan rings is 2. The summed E-state index contributed by atoms with van der Waals surface area (Å²) >= 11 is 0. The minimum atomic E-state index is 0.0313. The zero-order chi connectivity index (χ0) is 60.7. The maximum absolute atomic E-state index is 7.74. The van der Waals surface area contributed by atoms with Crippen molar-refractivity contribution in [2.45, 2.75) is 32.4 Å². The number of hydrogen-bond acceptors (Lipinski definition) is 5. The molecule has 434 valence electrons. The third kappa shape index (κ3) is 7.91. The lowest BCUT2D eigenvalue weighted by Gasteiger charge is -2.36. The summed E-state index contributed by atoms with van der Waals surface area (Å²) < 4.78 is 15.4. The molecule has 16 aromatic rings. The summed E-state index contributed by atoms with van der Waals surface area (Å²) in [6, 6.07) is 98.6. The molecule has 3 aliphatic rings. The van der Waals surface area contributed by atoms with Gasteiger partial charge in [-0.05, 0) is 138 Å². The van der Waals surface area contributed by atoms with Crippen molar-refractivity contribution in [2.75, 3.05) is 14.7 Å². The molecule has 1 atom stereocenters. The minimum absolute atomic E-state index is 0.0313. The Labute approximate surface area is 531 Å². The van der Waals surface area contributed by atoms with Crippen LogP contribution in [0.4, 0.5) is 34.1 Å². The van der Waals surface area contributed by atoms with Crippen molar-refractivity contribution < 1.29 is 8.83 Å². The van der Waals surface area contributed by atoms with Crippen molar-refractivity contribution in [1.82, 2.24) is 0 Å². The van der Waals surface area contributed by atoms with Gasteiger partial charge in [-0.15, -0.1) is 0 Å². The molecule has 5 heteroatoms. The number of nitrogens with zero attached hydrogens (tertiary/aromatic N) is 3. The fourth-order valence-corrected chi connectivity index (χ4v) is 15.5. The predicted molar refractivity (Wildman–Crippen MR) is 386 cm³/mol. The third-order valence-corrected chi connectivity index (χ3v) is 19.8. The van der Waals surface area contributed by atoms with Gasteiger partial charge in [-0.25, -0.2) is 0 Å². The van der Waals surface area contributed by atoms with Crippen LogP contribution in [0.5, 0.6) is 0 Å². The highest BCUT2D eigenvalue weighted by Gasteiger charge is 2.34. The Kier molecular flexibility index (Phi) is 11.6. The molecule has 0 radical (unpaired) electrons. The Hall–Kier alpha value is -11.7. The van der Waals surface area contributed by atoms with Gasteiger partial charge >= 0.3 is 0 Å². The topological polar surface area (TPSA) is 36.0 Å². The van der Waals surface area contributed by atoms with Crippen LogP contribution in [0.2, 0.25) is 0 Å². The molecule has 0 bridgehead atoms. The molecule has 0 fully saturated rings. The smallest absolute Gasteiger partial charge is 0.160 e. The average Bonchev–Trinajstić information content (AvgIpc) is 1.32. The molecule has 0 spiro atoms. The number of rotatable bonds is 8. The van der Waals surface area contributed by atoms with Crippen LogP contribution >= 0.6 is 0 Å². The van der Waals surface area contributed by atoms with E-state index in [0.29, 0.717) is 6.54 Å². The molecule has 4 heterocycles. The first kappa shape index (κ1) is 52.3. The highest BCUT2D eigenvalue weighted by molar-refractivity contribution is 6.39. The van der Waals surface area contributed by atoms with Gasteiger partial charge in [-0.1, -0.05) is 238 Å². The molecular formula is C87H59N3O2. The summed E-state index contributed by atoms with van der Waals surface area (Å²) in [5.74, 6) is 0.270. The maximum Gasteiger partial charge on any atom is 0.160 e. The second-order valence-electron chi connectivity index (χ2n) is 25.2. The predicted octanol–water partition coefficient (Wildman–Crippen LogP) is 22.2. The molecular weight excluding hydrogens is 1120 g/mol. The molecule has 0 N–H and O–H groups in total. The van der Waals surface area contributed by atoms with Gasteiger partial charge in [0.25, 0.3) is 0 Å². The molecule has 14 aromatic carbocycles. The molecule has 0 saturated heterocycles. The highest BCUT2D eigenvalue weighted by atomic mass is 16.3. The average molecular weight is 1180 g/mol. The van der Waals surface area contributed by atoms with Crippen LogP contribution in [0.15, 0.2) is 300 Å². The van der Waals surface area contributed by atoms with Gasteiger partial charge in [0.1, 0.15) is 16.7 Å². The van der Waals surface area contributed by atoms with Crippen LogP contribution in [-0.4, -0.2) is 6.04 Å². The van der Waals surface area contributed by atoms with Crippen LogP contribution in [0.1, 0.15) is 30.9 Å². The number of benzene rings is 14. The lowest BCUT2D eigenvalue weighted by atomic mass is 9.85. The van der Waals surface area contributed by atoms with Crippen molar-refractivity contribution in [1.29, 1.82) is 0 Å². The summed E-state index contributed by atoms with van der Waals surface area (Å²) in [7, 11) is 0. The summed E-state index contributed by atoms with van der Waals surface area (Å²) in [6.07, 6.45) is 11.2. The van der Waals surface area contributed by atoms with E-state index in [-0.39, 0.29) is 12.0 Å². The highest BCUT2D eigenvalue weighted by Crippen LogP contribution is 2.58. The van der Waals surface area contributed by atoms with E-state index in [0.717, 1.165) is 121 Å². The van der Waals surface area contributed by atoms with Gasteiger partial charge in [-0.3, -0.25) is 0 Å². The normalized spacial score (nSPS) is 14.3. The Morgan fingerprint density at radius 3 is 1.99 bits per heavy atom. The van der Waals surface area contributed by atoms with E-state index in [1.165, 1.54) is 60.2 Å². The van der Waals surface area contributed by atoms with Gasteiger partial charge in [0.05, 0.1) is 23.1 Å². The SMILES string of the molecule is CC(C)c1ccc2c(c1)oc1c(N(c3ccccc3)c3cc4ccc(-c5ccccc5)cc4c4ccccc34)cc3c(N4Cc5ccccc5-c5ccccc54)c(-c4ccccc4)c4ccc5c6ccc(N7C=c8ccccc8=C8C=CC=CC87)cc6oc5c4c3c12. The lowest BCUT2D eigenvalue weighted by Crippen LogP contribution is -2.44. The van der Waals surface area contributed by atoms with Crippen molar-refractivity contribution in [3.05, 3.63) is 313 Å². The van der Waals surface area contributed by atoms with Gasteiger partial charge in [0, 0.05) is 90.1 Å². The quantitative estimate of drug-likeness (QED) is 0.142. The largest absolute Gasteiger partial charge is 0.455 e. The molecule has 1 aliphatic carbocycles.